The Morgan fingerprint density at radius 2 is 1.55 bits per heavy atom. The van der Waals surface area contributed by atoms with Crippen LogP contribution in [-0.2, 0) is 0 Å². The molecule has 0 aliphatic carbocycles. The molecule has 3 nitrogen and oxygen atoms in total. The fraction of sp³-hybridized carbons (Fsp3) is 0.875. The standard InChI is InChI=1S/C8H19N3/c9-7-5-3-1-2-4-6-8(10)11/h1-7,9H2,(H3,10,11). The zero-order valence-corrected chi connectivity index (χ0v) is 7.10. The summed E-state index contributed by atoms with van der Waals surface area (Å²) in [5.41, 5.74) is 10.5. The second-order valence-electron chi connectivity index (χ2n) is 2.83. The van der Waals surface area contributed by atoms with E-state index in [1.165, 1.54) is 19.3 Å². The van der Waals surface area contributed by atoms with Gasteiger partial charge in [-0.3, -0.25) is 5.41 Å². The van der Waals surface area contributed by atoms with E-state index in [1.54, 1.807) is 0 Å². The first-order chi connectivity index (χ1) is 5.27. The second kappa shape index (κ2) is 7.54. The normalized spacial score (nSPS) is 9.91. The average Bonchev–Trinajstić information content (AvgIpc) is 1.96. The topological polar surface area (TPSA) is 75.9 Å². The van der Waals surface area contributed by atoms with Crippen LogP contribution < -0.4 is 11.5 Å². The van der Waals surface area contributed by atoms with Crippen molar-refractivity contribution in [2.45, 2.75) is 38.5 Å². The van der Waals surface area contributed by atoms with Gasteiger partial charge in [-0.1, -0.05) is 19.3 Å². The smallest absolute Gasteiger partial charge is 0.0905 e. The van der Waals surface area contributed by atoms with Gasteiger partial charge < -0.3 is 11.5 Å². The molecule has 3 heteroatoms. The van der Waals surface area contributed by atoms with E-state index in [9.17, 15) is 0 Å². The zero-order valence-electron chi connectivity index (χ0n) is 7.10. The predicted octanol–water partition coefficient (Wildman–Crippen LogP) is 1.22. The summed E-state index contributed by atoms with van der Waals surface area (Å²) in [5.74, 6) is 0.309. The van der Waals surface area contributed by atoms with Gasteiger partial charge in [0.2, 0.25) is 0 Å². The van der Waals surface area contributed by atoms with Gasteiger partial charge in [-0.15, -0.1) is 0 Å². The van der Waals surface area contributed by atoms with Crippen LogP contribution >= 0.6 is 0 Å². The fourth-order valence-corrected chi connectivity index (χ4v) is 0.990. The second-order valence-corrected chi connectivity index (χ2v) is 2.83. The van der Waals surface area contributed by atoms with Crippen molar-refractivity contribution in [2.24, 2.45) is 11.5 Å². The highest BCUT2D eigenvalue weighted by Crippen LogP contribution is 2.03. The van der Waals surface area contributed by atoms with Crippen molar-refractivity contribution in [1.82, 2.24) is 0 Å². The van der Waals surface area contributed by atoms with Crippen LogP contribution in [0.3, 0.4) is 0 Å². The van der Waals surface area contributed by atoms with Gasteiger partial charge in [-0.05, 0) is 19.4 Å². The van der Waals surface area contributed by atoms with Gasteiger partial charge in [0.25, 0.3) is 0 Å². The van der Waals surface area contributed by atoms with Crippen LogP contribution in [0.2, 0.25) is 0 Å². The van der Waals surface area contributed by atoms with Gasteiger partial charge in [-0.2, -0.15) is 0 Å². The van der Waals surface area contributed by atoms with Gasteiger partial charge in [0.15, 0.2) is 0 Å². The lowest BCUT2D eigenvalue weighted by Gasteiger charge is -1.98. The van der Waals surface area contributed by atoms with Crippen molar-refractivity contribution in [3.63, 3.8) is 0 Å². The molecule has 0 fully saturated rings. The summed E-state index contributed by atoms with van der Waals surface area (Å²) >= 11 is 0. The van der Waals surface area contributed by atoms with E-state index in [0.29, 0.717) is 5.84 Å². The average molecular weight is 157 g/mol. The highest BCUT2D eigenvalue weighted by Gasteiger charge is 1.91. The number of hydrogen-bond donors (Lipinski definition) is 3. The van der Waals surface area contributed by atoms with Gasteiger partial charge >= 0.3 is 0 Å². The number of rotatable bonds is 7. The van der Waals surface area contributed by atoms with E-state index >= 15 is 0 Å². The lowest BCUT2D eigenvalue weighted by molar-refractivity contribution is 0.626. The highest BCUT2D eigenvalue weighted by molar-refractivity contribution is 5.76. The lowest BCUT2D eigenvalue weighted by Crippen LogP contribution is -2.08. The first-order valence-corrected chi connectivity index (χ1v) is 4.30. The van der Waals surface area contributed by atoms with Crippen LogP contribution in [0.15, 0.2) is 0 Å². The molecule has 0 saturated heterocycles. The Morgan fingerprint density at radius 1 is 1.00 bits per heavy atom. The van der Waals surface area contributed by atoms with Crippen LogP contribution in [0, 0.1) is 5.41 Å². The molecule has 0 aliphatic rings. The van der Waals surface area contributed by atoms with Crippen LogP contribution in [-0.4, -0.2) is 12.4 Å². The third kappa shape index (κ3) is 9.43. The molecule has 66 valence electrons. The van der Waals surface area contributed by atoms with Gasteiger partial charge in [0, 0.05) is 6.42 Å². The van der Waals surface area contributed by atoms with Gasteiger partial charge in [-0.25, -0.2) is 0 Å². The Balaban J connectivity index is 2.85. The van der Waals surface area contributed by atoms with Crippen LogP contribution in [0.5, 0.6) is 0 Å². The number of nitrogens with two attached hydrogens (primary N) is 2. The minimum atomic E-state index is 0.309. The molecule has 0 atom stereocenters. The molecule has 0 aromatic rings. The summed E-state index contributed by atoms with van der Waals surface area (Å²) in [6, 6.07) is 0. The summed E-state index contributed by atoms with van der Waals surface area (Å²) < 4.78 is 0. The first-order valence-electron chi connectivity index (χ1n) is 4.30. The minimum absolute atomic E-state index is 0.309. The van der Waals surface area contributed by atoms with Crippen molar-refractivity contribution >= 4 is 5.84 Å². The Bertz CT molecular complexity index is 102. The molecule has 0 bridgehead atoms. The van der Waals surface area contributed by atoms with Crippen LogP contribution in [0.4, 0.5) is 0 Å². The lowest BCUT2D eigenvalue weighted by atomic mass is 10.1. The number of nitrogens with one attached hydrogen (secondary N) is 1. The molecule has 0 aromatic carbocycles. The van der Waals surface area contributed by atoms with E-state index in [-0.39, 0.29) is 0 Å². The monoisotopic (exact) mass is 157 g/mol. The minimum Gasteiger partial charge on any atom is -0.388 e. The van der Waals surface area contributed by atoms with E-state index in [2.05, 4.69) is 0 Å². The predicted molar refractivity (Wildman–Crippen MR) is 48.7 cm³/mol. The van der Waals surface area contributed by atoms with Crippen LogP contribution in [0.25, 0.3) is 0 Å². The van der Waals surface area contributed by atoms with Gasteiger partial charge in [0.1, 0.15) is 0 Å². The molecule has 0 unspecified atom stereocenters. The summed E-state index contributed by atoms with van der Waals surface area (Å²) in [6.07, 6.45) is 6.56. The molecule has 0 radical (unpaired) electrons. The molecule has 0 rings (SSSR count). The van der Waals surface area contributed by atoms with Crippen molar-refractivity contribution in [2.75, 3.05) is 6.54 Å². The molecule has 0 spiro atoms. The molecular weight excluding hydrogens is 138 g/mol. The Labute approximate surface area is 68.7 Å². The number of unbranched alkanes of at least 4 members (excludes halogenated alkanes) is 4. The summed E-state index contributed by atoms with van der Waals surface area (Å²) in [5, 5.41) is 6.97. The number of hydrogen-bond acceptors (Lipinski definition) is 2. The molecule has 11 heavy (non-hydrogen) atoms. The SMILES string of the molecule is N=C(N)CCCCCCCN. The van der Waals surface area contributed by atoms with Crippen molar-refractivity contribution in [3.05, 3.63) is 0 Å². The molecule has 0 amide bonds. The first kappa shape index (κ1) is 10.4. The molecule has 0 heterocycles. The van der Waals surface area contributed by atoms with Crippen molar-refractivity contribution < 1.29 is 0 Å². The maximum absolute atomic E-state index is 6.97. The largest absolute Gasteiger partial charge is 0.388 e. The van der Waals surface area contributed by atoms with E-state index in [1.807, 2.05) is 0 Å². The van der Waals surface area contributed by atoms with Crippen molar-refractivity contribution in [3.8, 4) is 0 Å². The fourth-order valence-electron chi connectivity index (χ4n) is 0.990. The van der Waals surface area contributed by atoms with E-state index in [4.69, 9.17) is 16.9 Å². The molecule has 0 saturated carbocycles. The molecule has 5 N–H and O–H groups in total. The Hall–Kier alpha value is -0.570. The highest BCUT2D eigenvalue weighted by atomic mass is 14.7. The summed E-state index contributed by atoms with van der Waals surface area (Å²) in [7, 11) is 0. The van der Waals surface area contributed by atoms with E-state index in [0.717, 1.165) is 25.8 Å². The van der Waals surface area contributed by atoms with E-state index < -0.39 is 0 Å². The molecule has 0 aliphatic heterocycles. The zero-order chi connectivity index (χ0) is 8.53. The number of amidine groups is 1. The third-order valence-corrected chi connectivity index (χ3v) is 1.65. The maximum atomic E-state index is 6.97. The maximum Gasteiger partial charge on any atom is 0.0905 e. The van der Waals surface area contributed by atoms with Crippen LogP contribution in [0.1, 0.15) is 38.5 Å². The third-order valence-electron chi connectivity index (χ3n) is 1.65. The quantitative estimate of drug-likeness (QED) is 0.295. The Morgan fingerprint density at radius 3 is 2.09 bits per heavy atom. The summed E-state index contributed by atoms with van der Waals surface area (Å²) in [6.45, 7) is 0.798. The molecular formula is C8H19N3. The van der Waals surface area contributed by atoms with Gasteiger partial charge in [0.05, 0.1) is 5.84 Å². The summed E-state index contributed by atoms with van der Waals surface area (Å²) in [4.78, 5) is 0. The van der Waals surface area contributed by atoms with Crippen molar-refractivity contribution in [1.29, 1.82) is 5.41 Å². The molecule has 0 aromatic heterocycles. The Kier molecular flexibility index (Phi) is 7.15.